The van der Waals surface area contributed by atoms with Crippen molar-refractivity contribution in [2.75, 3.05) is 20.3 Å². The number of methoxy groups -OCH3 is 1. The van der Waals surface area contributed by atoms with E-state index in [1.54, 1.807) is 0 Å². The van der Waals surface area contributed by atoms with Gasteiger partial charge in [-0.25, -0.2) is 4.39 Å². The first-order valence-corrected chi connectivity index (χ1v) is 11.0. The molecule has 2 aromatic carbocycles. The second kappa shape index (κ2) is 10.0. The average molecular weight is 437 g/mol. The highest BCUT2D eigenvalue weighted by Gasteiger charge is 2.45. The summed E-state index contributed by atoms with van der Waals surface area (Å²) >= 11 is 1.18. The number of rotatable bonds is 7. The standard InChI is InChI=1S/C23H29FO5S/c1-4-29-16-7-5-14(6-8-16)10-15-11-17(18(28-3)9-13(15)2)23-22(27)20(24)21(26)19(12-25)30-23/h5-9,11,19-23,25-27H,4,10,12H2,1-3H3. The average Bonchev–Trinajstić information content (AvgIpc) is 2.75. The molecule has 7 heteroatoms. The van der Waals surface area contributed by atoms with Crippen LogP contribution < -0.4 is 9.47 Å². The number of ether oxygens (including phenoxy) is 2. The zero-order chi connectivity index (χ0) is 21.8. The van der Waals surface area contributed by atoms with Gasteiger partial charge in [0.2, 0.25) is 0 Å². The fourth-order valence-corrected chi connectivity index (χ4v) is 5.17. The van der Waals surface area contributed by atoms with Gasteiger partial charge < -0.3 is 24.8 Å². The third kappa shape index (κ3) is 4.75. The molecule has 5 nitrogen and oxygen atoms in total. The summed E-state index contributed by atoms with van der Waals surface area (Å²) in [7, 11) is 1.54. The van der Waals surface area contributed by atoms with E-state index in [0.717, 1.165) is 22.4 Å². The van der Waals surface area contributed by atoms with Gasteiger partial charge in [-0.15, -0.1) is 11.8 Å². The Morgan fingerprint density at radius 2 is 1.80 bits per heavy atom. The van der Waals surface area contributed by atoms with Gasteiger partial charge in [-0.05, 0) is 55.2 Å². The second-order valence-electron chi connectivity index (χ2n) is 7.48. The van der Waals surface area contributed by atoms with Gasteiger partial charge in [0.1, 0.15) is 23.7 Å². The molecule has 0 aromatic heterocycles. The van der Waals surface area contributed by atoms with Crippen molar-refractivity contribution in [1.29, 1.82) is 0 Å². The van der Waals surface area contributed by atoms with Gasteiger partial charge in [-0.2, -0.15) is 0 Å². The molecule has 0 spiro atoms. The number of thioether (sulfide) groups is 1. The third-order valence-electron chi connectivity index (χ3n) is 5.47. The first-order valence-electron chi connectivity index (χ1n) is 10.0. The molecule has 1 fully saturated rings. The summed E-state index contributed by atoms with van der Waals surface area (Å²) < 4.78 is 25.5. The Labute approximate surface area is 180 Å². The lowest BCUT2D eigenvalue weighted by Crippen LogP contribution is -2.49. The Bertz CT molecular complexity index is 842. The predicted octanol–water partition coefficient (Wildman–Crippen LogP) is 3.20. The van der Waals surface area contributed by atoms with E-state index in [2.05, 4.69) is 0 Å². The summed E-state index contributed by atoms with van der Waals surface area (Å²) in [6.07, 6.45) is -3.99. The monoisotopic (exact) mass is 436 g/mol. The van der Waals surface area contributed by atoms with Gasteiger partial charge in [0, 0.05) is 5.56 Å². The molecule has 1 aliphatic heterocycles. The maximum absolute atomic E-state index is 14.5. The van der Waals surface area contributed by atoms with Gasteiger partial charge in [0.15, 0.2) is 6.17 Å². The van der Waals surface area contributed by atoms with E-state index in [0.29, 0.717) is 24.3 Å². The van der Waals surface area contributed by atoms with Crippen LogP contribution >= 0.6 is 11.8 Å². The lowest BCUT2D eigenvalue weighted by Gasteiger charge is -2.39. The van der Waals surface area contributed by atoms with Crippen LogP contribution in [0.2, 0.25) is 0 Å². The number of benzene rings is 2. The van der Waals surface area contributed by atoms with Crippen LogP contribution in [-0.2, 0) is 6.42 Å². The topological polar surface area (TPSA) is 79.2 Å². The molecule has 3 rings (SSSR count). The molecular weight excluding hydrogens is 407 g/mol. The van der Waals surface area contributed by atoms with Crippen LogP contribution in [-0.4, -0.2) is 59.3 Å². The lowest BCUT2D eigenvalue weighted by atomic mass is 9.92. The largest absolute Gasteiger partial charge is 0.496 e. The SMILES string of the molecule is CCOc1ccc(Cc2cc(C3SC(CO)C(O)C(F)C3O)c(OC)cc2C)cc1. The number of aliphatic hydroxyl groups is 3. The number of hydrogen-bond donors (Lipinski definition) is 3. The molecule has 164 valence electrons. The van der Waals surface area contributed by atoms with Gasteiger partial charge >= 0.3 is 0 Å². The van der Waals surface area contributed by atoms with Crippen molar-refractivity contribution in [3.8, 4) is 11.5 Å². The molecule has 1 heterocycles. The summed E-state index contributed by atoms with van der Waals surface area (Å²) in [6, 6.07) is 11.7. The maximum atomic E-state index is 14.5. The number of hydrogen-bond acceptors (Lipinski definition) is 6. The molecular formula is C23H29FO5S. The zero-order valence-corrected chi connectivity index (χ0v) is 18.2. The smallest absolute Gasteiger partial charge is 0.154 e. The Hall–Kier alpha value is -1.80. The molecule has 0 saturated carbocycles. The van der Waals surface area contributed by atoms with Crippen LogP contribution in [0.4, 0.5) is 4.39 Å². The lowest BCUT2D eigenvalue weighted by molar-refractivity contribution is -0.0254. The van der Waals surface area contributed by atoms with Crippen molar-refractivity contribution < 1.29 is 29.2 Å². The predicted molar refractivity (Wildman–Crippen MR) is 116 cm³/mol. The van der Waals surface area contributed by atoms with E-state index in [1.165, 1.54) is 18.9 Å². The van der Waals surface area contributed by atoms with Crippen LogP contribution in [0.1, 0.15) is 34.4 Å². The second-order valence-corrected chi connectivity index (χ2v) is 8.86. The van der Waals surface area contributed by atoms with Crippen molar-refractivity contribution in [1.82, 2.24) is 0 Å². The zero-order valence-electron chi connectivity index (χ0n) is 17.4. The van der Waals surface area contributed by atoms with Gasteiger partial charge in [-0.1, -0.05) is 18.2 Å². The first-order chi connectivity index (χ1) is 14.4. The Morgan fingerprint density at radius 1 is 1.10 bits per heavy atom. The van der Waals surface area contributed by atoms with Gasteiger partial charge in [0.25, 0.3) is 0 Å². The van der Waals surface area contributed by atoms with E-state index in [4.69, 9.17) is 9.47 Å². The molecule has 0 bridgehead atoms. The van der Waals surface area contributed by atoms with Crippen LogP contribution in [0.5, 0.6) is 11.5 Å². The van der Waals surface area contributed by atoms with Crippen molar-refractivity contribution in [3.05, 3.63) is 58.7 Å². The summed E-state index contributed by atoms with van der Waals surface area (Å²) in [5.74, 6) is 1.37. The van der Waals surface area contributed by atoms with E-state index < -0.39 is 28.9 Å². The number of alkyl halides is 1. The highest BCUT2D eigenvalue weighted by Crippen LogP contribution is 2.47. The minimum atomic E-state index is -1.84. The van der Waals surface area contributed by atoms with E-state index in [-0.39, 0.29) is 6.61 Å². The number of halogens is 1. The molecule has 2 aromatic rings. The van der Waals surface area contributed by atoms with Crippen molar-refractivity contribution in [2.24, 2.45) is 0 Å². The minimum Gasteiger partial charge on any atom is -0.496 e. The van der Waals surface area contributed by atoms with Crippen LogP contribution in [0.3, 0.4) is 0 Å². The van der Waals surface area contributed by atoms with Crippen LogP contribution in [0.25, 0.3) is 0 Å². The van der Waals surface area contributed by atoms with E-state index in [1.807, 2.05) is 50.2 Å². The Kier molecular flexibility index (Phi) is 7.63. The highest BCUT2D eigenvalue weighted by molar-refractivity contribution is 8.00. The minimum absolute atomic E-state index is 0.372. The highest BCUT2D eigenvalue weighted by atomic mass is 32.2. The van der Waals surface area contributed by atoms with Gasteiger partial charge in [0.05, 0.1) is 30.8 Å². The molecule has 30 heavy (non-hydrogen) atoms. The molecule has 1 aliphatic rings. The Morgan fingerprint density at radius 3 is 2.40 bits per heavy atom. The van der Waals surface area contributed by atoms with Crippen molar-refractivity contribution in [3.63, 3.8) is 0 Å². The molecule has 0 aliphatic carbocycles. The molecule has 5 unspecified atom stereocenters. The van der Waals surface area contributed by atoms with E-state index >= 15 is 0 Å². The third-order valence-corrected chi connectivity index (χ3v) is 7.07. The van der Waals surface area contributed by atoms with Crippen molar-refractivity contribution in [2.45, 2.75) is 49.1 Å². The van der Waals surface area contributed by atoms with E-state index in [9.17, 15) is 19.7 Å². The Balaban J connectivity index is 1.93. The summed E-state index contributed by atoms with van der Waals surface area (Å²) in [5, 5.41) is 28.7. The molecule has 5 atom stereocenters. The fraction of sp³-hybridized carbons (Fsp3) is 0.478. The number of aryl methyl sites for hydroxylation is 1. The molecule has 0 amide bonds. The fourth-order valence-electron chi connectivity index (χ4n) is 3.76. The van der Waals surface area contributed by atoms with Gasteiger partial charge in [-0.3, -0.25) is 0 Å². The maximum Gasteiger partial charge on any atom is 0.154 e. The molecule has 1 saturated heterocycles. The molecule has 3 N–H and O–H groups in total. The normalized spacial score (nSPS) is 26.4. The summed E-state index contributed by atoms with van der Waals surface area (Å²) in [4.78, 5) is 0. The number of aliphatic hydroxyl groups excluding tert-OH is 3. The quantitative estimate of drug-likeness (QED) is 0.619. The first kappa shape index (κ1) is 22.9. The summed E-state index contributed by atoms with van der Waals surface area (Å²) in [5.41, 5.74) is 3.82. The van der Waals surface area contributed by atoms with Crippen LogP contribution in [0.15, 0.2) is 36.4 Å². The van der Waals surface area contributed by atoms with Crippen LogP contribution in [0, 0.1) is 6.92 Å². The summed E-state index contributed by atoms with van der Waals surface area (Å²) in [6.45, 7) is 4.17. The van der Waals surface area contributed by atoms with Crippen molar-refractivity contribution >= 4 is 11.8 Å². The molecule has 0 radical (unpaired) electrons.